The summed E-state index contributed by atoms with van der Waals surface area (Å²) in [7, 11) is 0. The molecule has 0 radical (unpaired) electrons. The number of aliphatic carboxylic acids is 1. The summed E-state index contributed by atoms with van der Waals surface area (Å²) >= 11 is 0. The lowest BCUT2D eigenvalue weighted by Crippen LogP contribution is -2.32. The fraction of sp³-hybridized carbons (Fsp3) is 0.750. The van der Waals surface area contributed by atoms with Crippen LogP contribution in [0.15, 0.2) is 0 Å². The molecule has 0 bridgehead atoms. The molecule has 0 spiro atoms. The molecule has 0 unspecified atom stereocenters. The highest BCUT2D eigenvalue weighted by Crippen LogP contribution is 1.88. The normalized spacial score (nSPS) is 8.42. The maximum atomic E-state index is 10.7. The van der Waals surface area contributed by atoms with Crippen LogP contribution in [0.4, 0.5) is 0 Å². The molecule has 72 valence electrons. The van der Waals surface area contributed by atoms with Gasteiger partial charge in [0.2, 0.25) is 5.91 Å². The zero-order valence-corrected chi connectivity index (χ0v) is 8.05. The summed E-state index contributed by atoms with van der Waals surface area (Å²) in [4.78, 5) is 20.6. The number of nitrogens with one attached hydrogen (secondary N) is 1. The van der Waals surface area contributed by atoms with Crippen LogP contribution in [0.3, 0.4) is 0 Å². The van der Waals surface area contributed by atoms with E-state index in [0.29, 0.717) is 0 Å². The van der Waals surface area contributed by atoms with Gasteiger partial charge < -0.3 is 10.4 Å². The lowest BCUT2D eigenvalue weighted by molar-refractivity contribution is -0.138. The summed E-state index contributed by atoms with van der Waals surface area (Å²) in [6.07, 6.45) is 0. The summed E-state index contributed by atoms with van der Waals surface area (Å²) in [6.45, 7) is 7.12. The van der Waals surface area contributed by atoms with Crippen LogP contribution in [0.5, 0.6) is 0 Å². The van der Waals surface area contributed by atoms with Crippen molar-refractivity contribution < 1.29 is 14.7 Å². The highest BCUT2D eigenvalue weighted by atomic mass is 16.4. The smallest absolute Gasteiger partial charge is 0.322 e. The van der Waals surface area contributed by atoms with E-state index in [2.05, 4.69) is 5.32 Å². The lowest BCUT2D eigenvalue weighted by atomic mass is 10.2. The second-order valence-electron chi connectivity index (χ2n) is 2.27. The van der Waals surface area contributed by atoms with E-state index in [-0.39, 0.29) is 18.4 Å². The molecule has 4 nitrogen and oxygen atoms in total. The maximum Gasteiger partial charge on any atom is 0.322 e. The van der Waals surface area contributed by atoms with Crippen molar-refractivity contribution in [3.63, 3.8) is 0 Å². The minimum Gasteiger partial charge on any atom is -0.480 e. The van der Waals surface area contributed by atoms with Crippen molar-refractivity contribution in [1.29, 1.82) is 0 Å². The molecule has 0 aliphatic rings. The quantitative estimate of drug-likeness (QED) is 0.668. The van der Waals surface area contributed by atoms with Gasteiger partial charge in [0.15, 0.2) is 0 Å². The average molecular weight is 175 g/mol. The van der Waals surface area contributed by atoms with Crippen molar-refractivity contribution in [3.05, 3.63) is 0 Å². The molecule has 0 aromatic rings. The van der Waals surface area contributed by atoms with E-state index in [9.17, 15) is 9.59 Å². The third-order valence-corrected chi connectivity index (χ3v) is 0.938. The van der Waals surface area contributed by atoms with E-state index in [1.165, 1.54) is 0 Å². The molecule has 2 N–H and O–H groups in total. The molecule has 0 fully saturated rings. The number of hydrogen-bond donors (Lipinski definition) is 2. The first-order valence-corrected chi connectivity index (χ1v) is 4.03. The minimum atomic E-state index is -1.02. The summed E-state index contributed by atoms with van der Waals surface area (Å²) < 4.78 is 0. The largest absolute Gasteiger partial charge is 0.480 e. The number of carboxylic acid groups (broad SMARTS) is 1. The molecule has 0 rings (SSSR count). The third-order valence-electron chi connectivity index (χ3n) is 0.938. The first-order chi connectivity index (χ1) is 5.54. The fourth-order valence-electron chi connectivity index (χ4n) is 0.367. The molecule has 0 aromatic carbocycles. The Morgan fingerprint density at radius 3 is 2.00 bits per heavy atom. The molecule has 0 aliphatic heterocycles. The van der Waals surface area contributed by atoms with Crippen molar-refractivity contribution in [1.82, 2.24) is 5.32 Å². The van der Waals surface area contributed by atoms with E-state index in [1.807, 2.05) is 13.8 Å². The zero-order chi connectivity index (χ0) is 10.1. The van der Waals surface area contributed by atoms with Crippen molar-refractivity contribution in [2.75, 3.05) is 6.54 Å². The van der Waals surface area contributed by atoms with Gasteiger partial charge in [-0.25, -0.2) is 0 Å². The van der Waals surface area contributed by atoms with E-state index in [1.54, 1.807) is 13.8 Å². The van der Waals surface area contributed by atoms with Gasteiger partial charge in [-0.05, 0) is 0 Å². The van der Waals surface area contributed by atoms with Gasteiger partial charge in [-0.2, -0.15) is 0 Å². The van der Waals surface area contributed by atoms with Crippen LogP contribution >= 0.6 is 0 Å². The Kier molecular flexibility index (Phi) is 9.06. The van der Waals surface area contributed by atoms with Gasteiger partial charge >= 0.3 is 5.97 Å². The topological polar surface area (TPSA) is 66.4 Å². The SMILES string of the molecule is CC.CC(C)C(=O)NCC(=O)O. The number of carbonyl (C=O) groups is 2. The Bertz CT molecular complexity index is 143. The van der Waals surface area contributed by atoms with E-state index < -0.39 is 5.97 Å². The van der Waals surface area contributed by atoms with Crippen molar-refractivity contribution >= 4 is 11.9 Å². The Labute approximate surface area is 73.0 Å². The Hall–Kier alpha value is -1.06. The first kappa shape index (κ1) is 13.5. The number of hydrogen-bond acceptors (Lipinski definition) is 2. The lowest BCUT2D eigenvalue weighted by Gasteiger charge is -2.03. The van der Waals surface area contributed by atoms with Crippen LogP contribution in [0.2, 0.25) is 0 Å². The van der Waals surface area contributed by atoms with E-state index >= 15 is 0 Å². The Balaban J connectivity index is 0. The second kappa shape index (κ2) is 8.04. The molecule has 0 aromatic heterocycles. The Morgan fingerprint density at radius 1 is 1.33 bits per heavy atom. The van der Waals surface area contributed by atoms with Gasteiger partial charge in [0.1, 0.15) is 6.54 Å². The number of carbonyl (C=O) groups excluding carboxylic acids is 1. The third kappa shape index (κ3) is 8.94. The number of amides is 1. The summed E-state index contributed by atoms with van der Waals surface area (Å²) in [6, 6.07) is 0. The highest BCUT2D eigenvalue weighted by Gasteiger charge is 2.06. The predicted octanol–water partition coefficient (Wildman–Crippen LogP) is 0.869. The van der Waals surface area contributed by atoms with Crippen LogP contribution in [-0.2, 0) is 9.59 Å². The molecule has 0 atom stereocenters. The van der Waals surface area contributed by atoms with Gasteiger partial charge in [-0.3, -0.25) is 9.59 Å². The molecule has 0 aliphatic carbocycles. The molecular weight excluding hydrogens is 158 g/mol. The van der Waals surface area contributed by atoms with E-state index in [0.717, 1.165) is 0 Å². The first-order valence-electron chi connectivity index (χ1n) is 4.03. The summed E-state index contributed by atoms with van der Waals surface area (Å²) in [5.74, 6) is -1.41. The number of carboxylic acids is 1. The van der Waals surface area contributed by atoms with Crippen LogP contribution in [-0.4, -0.2) is 23.5 Å². The predicted molar refractivity (Wildman–Crippen MR) is 46.8 cm³/mol. The molecule has 1 amide bonds. The van der Waals surface area contributed by atoms with Gasteiger partial charge in [0, 0.05) is 5.92 Å². The zero-order valence-electron chi connectivity index (χ0n) is 8.05. The summed E-state index contributed by atoms with van der Waals surface area (Å²) in [5, 5.41) is 10.4. The molecule has 0 heterocycles. The van der Waals surface area contributed by atoms with Crippen molar-refractivity contribution in [2.45, 2.75) is 27.7 Å². The molecule has 12 heavy (non-hydrogen) atoms. The van der Waals surface area contributed by atoms with Crippen molar-refractivity contribution in [2.24, 2.45) is 5.92 Å². The van der Waals surface area contributed by atoms with Crippen LogP contribution in [0, 0.1) is 5.92 Å². The minimum absolute atomic E-state index is 0.153. The molecule has 4 heteroatoms. The standard InChI is InChI=1S/C6H11NO3.C2H6/c1-4(2)6(10)7-3-5(8)9;1-2/h4H,3H2,1-2H3,(H,7,10)(H,8,9);1-2H3. The van der Waals surface area contributed by atoms with Crippen LogP contribution in [0.1, 0.15) is 27.7 Å². The second-order valence-corrected chi connectivity index (χ2v) is 2.27. The Morgan fingerprint density at radius 2 is 1.75 bits per heavy atom. The maximum absolute atomic E-state index is 10.7. The van der Waals surface area contributed by atoms with Crippen LogP contribution in [0.25, 0.3) is 0 Å². The van der Waals surface area contributed by atoms with Gasteiger partial charge in [-0.15, -0.1) is 0 Å². The van der Waals surface area contributed by atoms with Crippen molar-refractivity contribution in [3.8, 4) is 0 Å². The van der Waals surface area contributed by atoms with E-state index in [4.69, 9.17) is 5.11 Å². The highest BCUT2D eigenvalue weighted by molar-refractivity contribution is 5.82. The molecular formula is C8H17NO3. The molecule has 0 saturated heterocycles. The fourth-order valence-corrected chi connectivity index (χ4v) is 0.367. The number of rotatable bonds is 3. The monoisotopic (exact) mass is 175 g/mol. The summed E-state index contributed by atoms with van der Waals surface area (Å²) in [5.41, 5.74) is 0. The average Bonchev–Trinajstić information content (AvgIpc) is 2.03. The van der Waals surface area contributed by atoms with Gasteiger partial charge in [0.25, 0.3) is 0 Å². The van der Waals surface area contributed by atoms with Gasteiger partial charge in [-0.1, -0.05) is 27.7 Å². The van der Waals surface area contributed by atoms with Crippen LogP contribution < -0.4 is 5.32 Å². The molecule has 0 saturated carbocycles. The van der Waals surface area contributed by atoms with Gasteiger partial charge in [0.05, 0.1) is 0 Å².